The van der Waals surface area contributed by atoms with Gasteiger partial charge in [0, 0.05) is 13.0 Å². The van der Waals surface area contributed by atoms with Crippen LogP contribution in [-0.4, -0.2) is 37.9 Å². The summed E-state index contributed by atoms with van der Waals surface area (Å²) < 4.78 is 17.2. The first-order valence-corrected chi connectivity index (χ1v) is 25.7. The Morgan fingerprint density at radius 1 is 0.348 bits per heavy atom. The Hall–Kier alpha value is -4.74. The van der Waals surface area contributed by atoms with Crippen molar-refractivity contribution in [1.29, 1.82) is 0 Å². The Morgan fingerprint density at radius 2 is 0.682 bits per heavy atom. The highest BCUT2D eigenvalue weighted by atomic mass is 16.6. The molecule has 0 fully saturated rings. The van der Waals surface area contributed by atoms with Crippen LogP contribution in [0.1, 0.15) is 175 Å². The molecule has 366 valence electrons. The SMILES string of the molecule is CC/C=C\C/C=C\C/C=C\C/C=C\C/C=C\CCCCOCC(COC(=O)CCCCCC/C=C\C/C=C\C/C=C\C/C=C\CC)OC(=O)C/C=C\C/C=C\C/C=C\C/C=C\C/C=C\CC. The molecule has 0 heterocycles. The second kappa shape index (κ2) is 54.6. The van der Waals surface area contributed by atoms with Crippen molar-refractivity contribution in [3.63, 3.8) is 0 Å². The van der Waals surface area contributed by atoms with Crippen LogP contribution in [-0.2, 0) is 23.8 Å². The molecule has 0 radical (unpaired) electrons. The van der Waals surface area contributed by atoms with Crippen LogP contribution in [0.15, 0.2) is 170 Å². The summed E-state index contributed by atoms with van der Waals surface area (Å²) in [7, 11) is 0. The molecule has 66 heavy (non-hydrogen) atoms. The van der Waals surface area contributed by atoms with Crippen LogP contribution in [0.25, 0.3) is 0 Å². The van der Waals surface area contributed by atoms with Gasteiger partial charge < -0.3 is 14.2 Å². The van der Waals surface area contributed by atoms with E-state index in [4.69, 9.17) is 14.2 Å². The molecule has 0 aliphatic carbocycles. The smallest absolute Gasteiger partial charge is 0.310 e. The maximum Gasteiger partial charge on any atom is 0.310 e. The fourth-order valence-electron chi connectivity index (χ4n) is 6.07. The highest BCUT2D eigenvalue weighted by Gasteiger charge is 2.17. The molecule has 5 nitrogen and oxygen atoms in total. The van der Waals surface area contributed by atoms with E-state index in [9.17, 15) is 9.59 Å². The number of esters is 2. The average Bonchev–Trinajstić information content (AvgIpc) is 3.32. The Labute approximate surface area is 405 Å². The van der Waals surface area contributed by atoms with Gasteiger partial charge in [-0.3, -0.25) is 9.59 Å². The molecule has 5 heteroatoms. The highest BCUT2D eigenvalue weighted by Crippen LogP contribution is 2.09. The fraction of sp³-hybridized carbons (Fsp3) is 0.508. The first-order valence-electron chi connectivity index (χ1n) is 25.7. The Morgan fingerprint density at radius 3 is 1.08 bits per heavy atom. The normalized spacial score (nSPS) is 13.7. The summed E-state index contributed by atoms with van der Waals surface area (Å²) in [6.45, 7) is 7.21. The van der Waals surface area contributed by atoms with Gasteiger partial charge in [0.25, 0.3) is 0 Å². The molecule has 0 aromatic carbocycles. The molecule has 0 amide bonds. The molecule has 0 N–H and O–H groups in total. The number of hydrogen-bond donors (Lipinski definition) is 0. The summed E-state index contributed by atoms with van der Waals surface area (Å²) in [5.74, 6) is -0.613. The molecular weight excluding hydrogens is 813 g/mol. The lowest BCUT2D eigenvalue weighted by atomic mass is 10.1. The first kappa shape index (κ1) is 61.3. The predicted molar refractivity (Wildman–Crippen MR) is 287 cm³/mol. The van der Waals surface area contributed by atoms with Crippen molar-refractivity contribution >= 4 is 11.9 Å². The Kier molecular flexibility index (Phi) is 50.7. The third kappa shape index (κ3) is 51.9. The van der Waals surface area contributed by atoms with Crippen LogP contribution in [0.2, 0.25) is 0 Å². The van der Waals surface area contributed by atoms with E-state index in [1.165, 1.54) is 0 Å². The number of unbranched alkanes of at least 4 members (excludes halogenated alkanes) is 6. The number of carbonyl (C=O) groups is 2. The number of allylic oxidation sites excluding steroid dienone is 27. The van der Waals surface area contributed by atoms with Gasteiger partial charge in [0.05, 0.1) is 13.0 Å². The van der Waals surface area contributed by atoms with Gasteiger partial charge in [0.1, 0.15) is 6.61 Å². The van der Waals surface area contributed by atoms with Gasteiger partial charge in [-0.15, -0.1) is 0 Å². The summed E-state index contributed by atoms with van der Waals surface area (Å²) in [6, 6.07) is 0. The van der Waals surface area contributed by atoms with Crippen LogP contribution in [0.5, 0.6) is 0 Å². The summed E-state index contributed by atoms with van der Waals surface area (Å²) in [4.78, 5) is 25.4. The number of hydrogen-bond acceptors (Lipinski definition) is 5. The van der Waals surface area contributed by atoms with E-state index in [-0.39, 0.29) is 31.6 Å². The molecule has 0 saturated carbocycles. The van der Waals surface area contributed by atoms with E-state index < -0.39 is 6.10 Å². The van der Waals surface area contributed by atoms with Crippen LogP contribution < -0.4 is 0 Å². The molecule has 1 unspecified atom stereocenters. The summed E-state index contributed by atoms with van der Waals surface area (Å²) in [5, 5.41) is 0. The molecule has 0 rings (SSSR count). The minimum Gasteiger partial charge on any atom is -0.462 e. The predicted octanol–water partition coefficient (Wildman–Crippen LogP) is 17.7. The Bertz CT molecular complexity index is 1540. The van der Waals surface area contributed by atoms with E-state index in [2.05, 4.69) is 179 Å². The lowest BCUT2D eigenvalue weighted by molar-refractivity contribution is -0.162. The maximum atomic E-state index is 12.7. The van der Waals surface area contributed by atoms with Crippen molar-refractivity contribution in [2.24, 2.45) is 0 Å². The van der Waals surface area contributed by atoms with Crippen LogP contribution >= 0.6 is 0 Å². The lowest BCUT2D eigenvalue weighted by Crippen LogP contribution is -2.29. The van der Waals surface area contributed by atoms with Crippen LogP contribution in [0, 0.1) is 0 Å². The molecule has 0 bridgehead atoms. The van der Waals surface area contributed by atoms with Crippen molar-refractivity contribution in [2.75, 3.05) is 19.8 Å². The minimum atomic E-state index is -0.638. The molecule has 0 aromatic rings. The molecule has 0 aliphatic rings. The van der Waals surface area contributed by atoms with E-state index in [1.807, 2.05) is 12.2 Å². The standard InChI is InChI=1S/C61H92O5/c1-4-7-10-13-16-19-22-25-28-30-32-35-38-41-44-47-50-53-56-64-57-59(66-61(63)55-52-49-46-43-40-37-33-27-24-21-18-15-12-9-6-3)58-65-60(62)54-51-48-45-42-39-36-34-31-29-26-23-20-17-14-11-8-5-2/h7-12,16-21,25-29,32-36,40-41,43-44,49,52,59H,4-6,13-15,22-24,30-31,37-39,42,45-48,50-51,53-58H2,1-3H3/b10-7-,11-8-,12-9-,19-16-,20-17-,21-18-,28-25-,29-26-,33-27-,35-32-,36-34-,43-40-,44-41-,52-49-. The average molecular weight is 905 g/mol. The zero-order valence-corrected chi connectivity index (χ0v) is 41.9. The van der Waals surface area contributed by atoms with Crippen molar-refractivity contribution in [1.82, 2.24) is 0 Å². The topological polar surface area (TPSA) is 61.8 Å². The van der Waals surface area contributed by atoms with Gasteiger partial charge in [0.2, 0.25) is 0 Å². The number of rotatable bonds is 44. The first-order chi connectivity index (χ1) is 32.6. The zero-order valence-electron chi connectivity index (χ0n) is 41.9. The van der Waals surface area contributed by atoms with Gasteiger partial charge in [0.15, 0.2) is 6.10 Å². The largest absolute Gasteiger partial charge is 0.462 e. The van der Waals surface area contributed by atoms with Crippen molar-refractivity contribution < 1.29 is 23.8 Å². The van der Waals surface area contributed by atoms with Crippen LogP contribution in [0.4, 0.5) is 0 Å². The quantitative estimate of drug-likeness (QED) is 0.0346. The third-order valence-electron chi connectivity index (χ3n) is 9.76. The summed E-state index contributed by atoms with van der Waals surface area (Å²) in [6.07, 6.45) is 82.5. The second-order valence-electron chi connectivity index (χ2n) is 15.9. The summed E-state index contributed by atoms with van der Waals surface area (Å²) in [5.41, 5.74) is 0. The lowest BCUT2D eigenvalue weighted by Gasteiger charge is -2.18. The van der Waals surface area contributed by atoms with E-state index in [1.54, 1.807) is 0 Å². The maximum absolute atomic E-state index is 12.7. The molecule has 0 aliphatic heterocycles. The molecule has 0 saturated heterocycles. The molecule has 0 aromatic heterocycles. The van der Waals surface area contributed by atoms with Gasteiger partial charge in [-0.2, -0.15) is 0 Å². The molecular formula is C61H92O5. The monoisotopic (exact) mass is 905 g/mol. The Balaban J connectivity index is 4.57. The minimum absolute atomic E-state index is 0.00209. The number of carbonyl (C=O) groups excluding carboxylic acids is 2. The zero-order chi connectivity index (χ0) is 47.7. The van der Waals surface area contributed by atoms with E-state index >= 15 is 0 Å². The van der Waals surface area contributed by atoms with Crippen LogP contribution in [0.3, 0.4) is 0 Å². The van der Waals surface area contributed by atoms with E-state index in [0.717, 1.165) is 141 Å². The van der Waals surface area contributed by atoms with Gasteiger partial charge >= 0.3 is 11.9 Å². The fourth-order valence-corrected chi connectivity index (χ4v) is 6.07. The third-order valence-corrected chi connectivity index (χ3v) is 9.76. The van der Waals surface area contributed by atoms with Gasteiger partial charge in [-0.25, -0.2) is 0 Å². The van der Waals surface area contributed by atoms with Gasteiger partial charge in [-0.05, 0) is 128 Å². The molecule has 0 spiro atoms. The number of ether oxygens (including phenoxy) is 3. The molecule has 1 atom stereocenters. The highest BCUT2D eigenvalue weighted by molar-refractivity contribution is 5.71. The van der Waals surface area contributed by atoms with Crippen molar-refractivity contribution in [2.45, 2.75) is 181 Å². The van der Waals surface area contributed by atoms with Crippen molar-refractivity contribution in [3.8, 4) is 0 Å². The summed E-state index contributed by atoms with van der Waals surface area (Å²) >= 11 is 0. The van der Waals surface area contributed by atoms with Crippen molar-refractivity contribution in [3.05, 3.63) is 170 Å². The second-order valence-corrected chi connectivity index (χ2v) is 15.9. The van der Waals surface area contributed by atoms with E-state index in [0.29, 0.717) is 13.0 Å². The van der Waals surface area contributed by atoms with Gasteiger partial charge in [-0.1, -0.05) is 204 Å².